The lowest BCUT2D eigenvalue weighted by atomic mass is 10.2. The summed E-state index contributed by atoms with van der Waals surface area (Å²) in [7, 11) is 0. The highest BCUT2D eigenvalue weighted by Crippen LogP contribution is 2.15. The predicted octanol–water partition coefficient (Wildman–Crippen LogP) is 2.08. The van der Waals surface area contributed by atoms with Crippen LogP contribution in [-0.4, -0.2) is 27.4 Å². The van der Waals surface area contributed by atoms with Crippen LogP contribution < -0.4 is 10.6 Å². The fraction of sp³-hybridized carbons (Fsp3) is 0.231. The lowest BCUT2D eigenvalue weighted by molar-refractivity contribution is 0.102. The highest BCUT2D eigenvalue weighted by atomic mass is 19.1. The van der Waals surface area contributed by atoms with Gasteiger partial charge in [-0.25, -0.2) is 14.4 Å². The SMILES string of the molecule is CCCNc1ncc(F)cc1C(=O)Nc1cnccn1. The van der Waals surface area contributed by atoms with Crippen molar-refractivity contribution in [1.82, 2.24) is 15.0 Å². The molecule has 0 fully saturated rings. The van der Waals surface area contributed by atoms with Crippen LogP contribution in [0.5, 0.6) is 0 Å². The molecule has 0 radical (unpaired) electrons. The third-order valence-electron chi connectivity index (χ3n) is 2.45. The molecule has 104 valence electrons. The normalized spacial score (nSPS) is 10.1. The maximum absolute atomic E-state index is 13.3. The molecule has 0 saturated carbocycles. The summed E-state index contributed by atoms with van der Waals surface area (Å²) in [5.74, 6) is -0.426. The minimum atomic E-state index is -0.573. The third kappa shape index (κ3) is 3.47. The number of anilines is 2. The van der Waals surface area contributed by atoms with Crippen molar-refractivity contribution < 1.29 is 9.18 Å². The Morgan fingerprint density at radius 1 is 1.30 bits per heavy atom. The number of aromatic nitrogens is 3. The molecule has 0 saturated heterocycles. The van der Waals surface area contributed by atoms with Crippen LogP contribution in [0.15, 0.2) is 30.9 Å². The van der Waals surface area contributed by atoms with Crippen LogP contribution in [0.25, 0.3) is 0 Å². The Morgan fingerprint density at radius 2 is 2.15 bits per heavy atom. The Hall–Kier alpha value is -2.57. The summed E-state index contributed by atoms with van der Waals surface area (Å²) in [5, 5.41) is 5.53. The van der Waals surface area contributed by atoms with E-state index in [0.717, 1.165) is 18.7 Å². The fourth-order valence-electron chi connectivity index (χ4n) is 1.54. The van der Waals surface area contributed by atoms with Gasteiger partial charge in [-0.1, -0.05) is 6.92 Å². The van der Waals surface area contributed by atoms with Gasteiger partial charge in [0.05, 0.1) is 18.0 Å². The standard InChI is InChI=1S/C13H14FN5O/c1-2-3-17-12-10(6-9(14)7-18-12)13(20)19-11-8-15-4-5-16-11/h4-8H,2-3H2,1H3,(H,17,18)(H,16,19,20). The molecule has 2 aromatic heterocycles. The molecular formula is C13H14FN5O. The number of halogens is 1. The van der Waals surface area contributed by atoms with Gasteiger partial charge in [0.2, 0.25) is 0 Å². The smallest absolute Gasteiger partial charge is 0.260 e. The molecule has 0 aromatic carbocycles. The molecule has 2 heterocycles. The van der Waals surface area contributed by atoms with Crippen LogP contribution in [0, 0.1) is 5.82 Å². The maximum Gasteiger partial charge on any atom is 0.260 e. The topological polar surface area (TPSA) is 79.8 Å². The van der Waals surface area contributed by atoms with E-state index in [2.05, 4.69) is 25.6 Å². The average molecular weight is 275 g/mol. The second kappa shape index (κ2) is 6.55. The summed E-state index contributed by atoms with van der Waals surface area (Å²) in [6.07, 6.45) is 6.29. The first-order valence-corrected chi connectivity index (χ1v) is 6.17. The van der Waals surface area contributed by atoms with E-state index in [4.69, 9.17) is 0 Å². The lowest BCUT2D eigenvalue weighted by Gasteiger charge is -2.10. The Labute approximate surface area is 115 Å². The van der Waals surface area contributed by atoms with Gasteiger partial charge in [0.1, 0.15) is 11.6 Å². The summed E-state index contributed by atoms with van der Waals surface area (Å²) in [4.78, 5) is 23.8. The van der Waals surface area contributed by atoms with Crippen molar-refractivity contribution in [3.8, 4) is 0 Å². The molecule has 20 heavy (non-hydrogen) atoms. The minimum absolute atomic E-state index is 0.129. The molecule has 0 spiro atoms. The van der Waals surface area contributed by atoms with Crippen LogP contribution in [0.1, 0.15) is 23.7 Å². The monoisotopic (exact) mass is 275 g/mol. The zero-order valence-electron chi connectivity index (χ0n) is 10.9. The largest absolute Gasteiger partial charge is 0.369 e. The van der Waals surface area contributed by atoms with E-state index in [-0.39, 0.29) is 5.56 Å². The third-order valence-corrected chi connectivity index (χ3v) is 2.45. The van der Waals surface area contributed by atoms with Crippen LogP contribution in [-0.2, 0) is 0 Å². The summed E-state index contributed by atoms with van der Waals surface area (Å²) >= 11 is 0. The van der Waals surface area contributed by atoms with Gasteiger partial charge in [0, 0.05) is 18.9 Å². The molecule has 6 nitrogen and oxygen atoms in total. The van der Waals surface area contributed by atoms with Crippen LogP contribution in [0.2, 0.25) is 0 Å². The quantitative estimate of drug-likeness (QED) is 0.873. The number of hydrogen-bond donors (Lipinski definition) is 2. The first-order valence-electron chi connectivity index (χ1n) is 6.17. The number of hydrogen-bond acceptors (Lipinski definition) is 5. The van der Waals surface area contributed by atoms with Gasteiger partial charge in [-0.3, -0.25) is 9.78 Å². The van der Waals surface area contributed by atoms with Crippen molar-refractivity contribution in [3.05, 3.63) is 42.2 Å². The molecule has 7 heteroatoms. The lowest BCUT2D eigenvalue weighted by Crippen LogP contribution is -2.17. The van der Waals surface area contributed by atoms with Crippen molar-refractivity contribution in [2.24, 2.45) is 0 Å². The van der Waals surface area contributed by atoms with E-state index in [1.165, 1.54) is 18.6 Å². The molecule has 0 unspecified atom stereocenters. The van der Waals surface area contributed by atoms with E-state index in [0.29, 0.717) is 18.2 Å². The van der Waals surface area contributed by atoms with Crippen molar-refractivity contribution in [2.75, 3.05) is 17.2 Å². The van der Waals surface area contributed by atoms with Gasteiger partial charge in [-0.05, 0) is 12.5 Å². The summed E-state index contributed by atoms with van der Waals surface area (Å²) < 4.78 is 13.3. The molecule has 0 atom stereocenters. The van der Waals surface area contributed by atoms with E-state index >= 15 is 0 Å². The van der Waals surface area contributed by atoms with Crippen molar-refractivity contribution in [3.63, 3.8) is 0 Å². The maximum atomic E-state index is 13.3. The summed E-state index contributed by atoms with van der Waals surface area (Å²) in [6, 6.07) is 1.14. The molecule has 2 aromatic rings. The number of carbonyl (C=O) groups is 1. The van der Waals surface area contributed by atoms with Crippen molar-refractivity contribution in [1.29, 1.82) is 0 Å². The van der Waals surface area contributed by atoms with E-state index in [1.807, 2.05) is 6.92 Å². The molecule has 1 amide bonds. The molecule has 0 aliphatic carbocycles. The number of rotatable bonds is 5. The van der Waals surface area contributed by atoms with Gasteiger partial charge in [0.15, 0.2) is 5.82 Å². The molecule has 2 N–H and O–H groups in total. The minimum Gasteiger partial charge on any atom is -0.369 e. The van der Waals surface area contributed by atoms with E-state index < -0.39 is 11.7 Å². The Morgan fingerprint density at radius 3 is 2.85 bits per heavy atom. The second-order valence-electron chi connectivity index (χ2n) is 4.02. The highest BCUT2D eigenvalue weighted by Gasteiger charge is 2.14. The zero-order valence-corrected chi connectivity index (χ0v) is 10.9. The van der Waals surface area contributed by atoms with Gasteiger partial charge < -0.3 is 10.6 Å². The Bertz CT molecular complexity index is 591. The number of amides is 1. The van der Waals surface area contributed by atoms with E-state index in [9.17, 15) is 9.18 Å². The molecule has 0 aliphatic heterocycles. The molecule has 2 rings (SSSR count). The van der Waals surface area contributed by atoms with Crippen LogP contribution >= 0.6 is 0 Å². The first-order chi connectivity index (χ1) is 9.70. The molecule has 0 aliphatic rings. The van der Waals surface area contributed by atoms with Crippen molar-refractivity contribution in [2.45, 2.75) is 13.3 Å². The number of nitrogens with one attached hydrogen (secondary N) is 2. The molecular weight excluding hydrogens is 261 g/mol. The zero-order chi connectivity index (χ0) is 14.4. The predicted molar refractivity (Wildman–Crippen MR) is 73.0 cm³/mol. The number of carbonyl (C=O) groups excluding carboxylic acids is 1. The Kier molecular flexibility index (Phi) is 4.54. The highest BCUT2D eigenvalue weighted by molar-refractivity contribution is 6.06. The van der Waals surface area contributed by atoms with Gasteiger partial charge in [0.25, 0.3) is 5.91 Å². The first kappa shape index (κ1) is 13.9. The molecule has 0 bridgehead atoms. The Balaban J connectivity index is 2.21. The number of nitrogens with zero attached hydrogens (tertiary/aromatic N) is 3. The van der Waals surface area contributed by atoms with Crippen LogP contribution in [0.4, 0.5) is 16.0 Å². The fourth-order valence-corrected chi connectivity index (χ4v) is 1.54. The number of pyridine rings is 1. The summed E-state index contributed by atoms with van der Waals surface area (Å²) in [6.45, 7) is 2.62. The second-order valence-corrected chi connectivity index (χ2v) is 4.02. The summed E-state index contributed by atoms with van der Waals surface area (Å²) in [5.41, 5.74) is 0.129. The van der Waals surface area contributed by atoms with Gasteiger partial charge in [-0.15, -0.1) is 0 Å². The van der Waals surface area contributed by atoms with Gasteiger partial charge >= 0.3 is 0 Å². The van der Waals surface area contributed by atoms with Crippen molar-refractivity contribution >= 4 is 17.5 Å². The van der Waals surface area contributed by atoms with E-state index in [1.54, 1.807) is 0 Å². The van der Waals surface area contributed by atoms with Gasteiger partial charge in [-0.2, -0.15) is 0 Å². The average Bonchev–Trinajstić information content (AvgIpc) is 2.47. The van der Waals surface area contributed by atoms with Crippen LogP contribution in [0.3, 0.4) is 0 Å².